The number of benzene rings is 1. The number of rotatable bonds is 5. The van der Waals surface area contributed by atoms with Crippen LogP contribution in [-0.2, 0) is 14.3 Å². The van der Waals surface area contributed by atoms with Crippen LogP contribution in [0, 0.1) is 10.1 Å². The van der Waals surface area contributed by atoms with Gasteiger partial charge in [0.1, 0.15) is 5.69 Å². The lowest BCUT2D eigenvalue weighted by molar-refractivity contribution is -0.383. The number of hydrogen-bond donors (Lipinski definition) is 2. The summed E-state index contributed by atoms with van der Waals surface area (Å²) in [6, 6.07) is 5.65. The summed E-state index contributed by atoms with van der Waals surface area (Å²) in [7, 11) is 0. The Hall–Kier alpha value is -2.52. The Balaban J connectivity index is 1.81. The van der Waals surface area contributed by atoms with Crippen LogP contribution in [0.3, 0.4) is 0 Å². The Morgan fingerprint density at radius 2 is 1.91 bits per heavy atom. The van der Waals surface area contributed by atoms with E-state index in [4.69, 9.17) is 4.74 Å². The number of ether oxygens (including phenoxy) is 1. The highest BCUT2D eigenvalue weighted by molar-refractivity contribution is 6.39. The van der Waals surface area contributed by atoms with E-state index in [0.29, 0.717) is 26.3 Å². The van der Waals surface area contributed by atoms with Gasteiger partial charge in [-0.1, -0.05) is 12.1 Å². The zero-order chi connectivity index (χ0) is 16.7. The van der Waals surface area contributed by atoms with Crippen molar-refractivity contribution in [2.75, 3.05) is 44.7 Å². The SMILES string of the molecule is O=C(NCCN1CCOCC1)C(=O)Nc1ccccc1[N+](=O)[O-]. The summed E-state index contributed by atoms with van der Waals surface area (Å²) in [6.07, 6.45) is 0. The van der Waals surface area contributed by atoms with Gasteiger partial charge in [-0.25, -0.2) is 0 Å². The lowest BCUT2D eigenvalue weighted by atomic mass is 10.2. The zero-order valence-corrected chi connectivity index (χ0v) is 12.5. The largest absolute Gasteiger partial charge is 0.379 e. The molecule has 1 aliphatic heterocycles. The number of amides is 2. The summed E-state index contributed by atoms with van der Waals surface area (Å²) in [5, 5.41) is 15.6. The lowest BCUT2D eigenvalue weighted by Crippen LogP contribution is -2.43. The van der Waals surface area contributed by atoms with Gasteiger partial charge in [0.05, 0.1) is 18.1 Å². The highest BCUT2D eigenvalue weighted by atomic mass is 16.6. The number of para-hydroxylation sites is 2. The maximum absolute atomic E-state index is 11.8. The van der Waals surface area contributed by atoms with E-state index in [9.17, 15) is 19.7 Å². The predicted octanol–water partition coefficient (Wildman–Crippen LogP) is -0.0183. The standard InChI is InChI=1S/C14H18N4O5/c19-13(15-5-6-17-7-9-23-10-8-17)14(20)16-11-3-1-2-4-12(11)18(21)22/h1-4H,5-10H2,(H,15,19)(H,16,20). The molecular weight excluding hydrogens is 304 g/mol. The zero-order valence-electron chi connectivity index (χ0n) is 12.5. The smallest absolute Gasteiger partial charge is 0.313 e. The molecule has 2 rings (SSSR count). The number of carbonyl (C=O) groups is 2. The second-order valence-corrected chi connectivity index (χ2v) is 4.94. The van der Waals surface area contributed by atoms with Gasteiger partial charge in [-0.3, -0.25) is 24.6 Å². The molecule has 9 nitrogen and oxygen atoms in total. The number of nitro benzene ring substituents is 1. The summed E-state index contributed by atoms with van der Waals surface area (Å²) in [4.78, 5) is 35.9. The fourth-order valence-electron chi connectivity index (χ4n) is 2.15. The molecule has 0 atom stereocenters. The van der Waals surface area contributed by atoms with E-state index in [0.717, 1.165) is 13.1 Å². The van der Waals surface area contributed by atoms with Gasteiger partial charge in [0.25, 0.3) is 5.69 Å². The van der Waals surface area contributed by atoms with Crippen molar-refractivity contribution in [2.24, 2.45) is 0 Å². The van der Waals surface area contributed by atoms with Crippen molar-refractivity contribution in [1.29, 1.82) is 0 Å². The molecule has 0 bridgehead atoms. The fraction of sp³-hybridized carbons (Fsp3) is 0.429. The minimum atomic E-state index is -0.929. The van der Waals surface area contributed by atoms with E-state index in [-0.39, 0.29) is 11.4 Å². The molecule has 0 aliphatic carbocycles. The topological polar surface area (TPSA) is 114 Å². The molecule has 9 heteroatoms. The third-order valence-electron chi connectivity index (χ3n) is 3.37. The van der Waals surface area contributed by atoms with Gasteiger partial charge < -0.3 is 15.4 Å². The predicted molar refractivity (Wildman–Crippen MR) is 82.0 cm³/mol. The molecule has 0 saturated carbocycles. The van der Waals surface area contributed by atoms with Crippen LogP contribution in [0.1, 0.15) is 0 Å². The molecule has 0 unspecified atom stereocenters. The normalized spacial score (nSPS) is 15.0. The lowest BCUT2D eigenvalue weighted by Gasteiger charge is -2.26. The quantitative estimate of drug-likeness (QED) is 0.447. The van der Waals surface area contributed by atoms with E-state index in [2.05, 4.69) is 15.5 Å². The molecule has 2 N–H and O–H groups in total. The van der Waals surface area contributed by atoms with Crippen LogP contribution in [0.5, 0.6) is 0 Å². The van der Waals surface area contributed by atoms with Gasteiger partial charge in [-0.05, 0) is 6.07 Å². The summed E-state index contributed by atoms with van der Waals surface area (Å²) >= 11 is 0. The Bertz CT molecular complexity index is 586. The van der Waals surface area contributed by atoms with Crippen molar-refractivity contribution < 1.29 is 19.2 Å². The maximum atomic E-state index is 11.8. The van der Waals surface area contributed by atoms with Gasteiger partial charge in [0, 0.05) is 32.2 Å². The average molecular weight is 322 g/mol. The molecule has 1 aromatic carbocycles. The van der Waals surface area contributed by atoms with Crippen LogP contribution in [0.2, 0.25) is 0 Å². The monoisotopic (exact) mass is 322 g/mol. The fourth-order valence-corrected chi connectivity index (χ4v) is 2.15. The second-order valence-electron chi connectivity index (χ2n) is 4.94. The first-order valence-electron chi connectivity index (χ1n) is 7.20. The number of carbonyl (C=O) groups excluding carboxylic acids is 2. The highest BCUT2D eigenvalue weighted by Gasteiger charge is 2.19. The van der Waals surface area contributed by atoms with Crippen LogP contribution >= 0.6 is 0 Å². The van der Waals surface area contributed by atoms with Gasteiger partial charge >= 0.3 is 11.8 Å². The van der Waals surface area contributed by atoms with E-state index < -0.39 is 16.7 Å². The van der Waals surface area contributed by atoms with E-state index in [1.807, 2.05) is 0 Å². The van der Waals surface area contributed by atoms with Crippen molar-refractivity contribution in [3.63, 3.8) is 0 Å². The van der Waals surface area contributed by atoms with Crippen LogP contribution in [0.15, 0.2) is 24.3 Å². The molecule has 0 radical (unpaired) electrons. The van der Waals surface area contributed by atoms with Crippen LogP contribution in [0.4, 0.5) is 11.4 Å². The van der Waals surface area contributed by atoms with Gasteiger partial charge in [0.15, 0.2) is 0 Å². The van der Waals surface area contributed by atoms with E-state index in [1.165, 1.54) is 18.2 Å². The Kier molecular flexibility index (Phi) is 6.01. The van der Waals surface area contributed by atoms with Crippen molar-refractivity contribution in [1.82, 2.24) is 10.2 Å². The Morgan fingerprint density at radius 3 is 2.61 bits per heavy atom. The molecule has 2 amide bonds. The molecular formula is C14H18N4O5. The summed E-state index contributed by atoms with van der Waals surface area (Å²) in [6.45, 7) is 3.84. The van der Waals surface area contributed by atoms with E-state index in [1.54, 1.807) is 6.07 Å². The first-order chi connectivity index (χ1) is 11.1. The number of nitrogens with zero attached hydrogens (tertiary/aromatic N) is 2. The number of morpholine rings is 1. The third kappa shape index (κ3) is 5.01. The minimum Gasteiger partial charge on any atom is -0.379 e. The van der Waals surface area contributed by atoms with Gasteiger partial charge in [-0.2, -0.15) is 0 Å². The third-order valence-corrected chi connectivity index (χ3v) is 3.37. The minimum absolute atomic E-state index is 0.00849. The Labute approximate surface area is 132 Å². The van der Waals surface area contributed by atoms with Crippen molar-refractivity contribution in [3.05, 3.63) is 34.4 Å². The second kappa shape index (κ2) is 8.20. The highest BCUT2D eigenvalue weighted by Crippen LogP contribution is 2.22. The number of hydrogen-bond acceptors (Lipinski definition) is 6. The molecule has 1 heterocycles. The summed E-state index contributed by atoms with van der Waals surface area (Å²) in [5.41, 5.74) is -0.271. The summed E-state index contributed by atoms with van der Waals surface area (Å²) < 4.78 is 5.21. The average Bonchev–Trinajstić information content (AvgIpc) is 2.56. The molecule has 1 fully saturated rings. The Morgan fingerprint density at radius 1 is 1.22 bits per heavy atom. The van der Waals surface area contributed by atoms with Gasteiger partial charge in [-0.15, -0.1) is 0 Å². The van der Waals surface area contributed by atoms with Crippen molar-refractivity contribution in [3.8, 4) is 0 Å². The van der Waals surface area contributed by atoms with E-state index >= 15 is 0 Å². The molecule has 1 aromatic rings. The van der Waals surface area contributed by atoms with Crippen LogP contribution < -0.4 is 10.6 Å². The van der Waals surface area contributed by atoms with Crippen LogP contribution in [-0.4, -0.2) is 61.0 Å². The maximum Gasteiger partial charge on any atom is 0.313 e. The molecule has 0 aromatic heterocycles. The number of anilines is 1. The first kappa shape index (κ1) is 16.8. The van der Waals surface area contributed by atoms with Crippen molar-refractivity contribution in [2.45, 2.75) is 0 Å². The molecule has 23 heavy (non-hydrogen) atoms. The number of nitro groups is 1. The van der Waals surface area contributed by atoms with Gasteiger partial charge in [0.2, 0.25) is 0 Å². The van der Waals surface area contributed by atoms with Crippen molar-refractivity contribution >= 4 is 23.2 Å². The summed E-state index contributed by atoms with van der Waals surface area (Å²) in [5.74, 6) is -1.75. The first-order valence-corrected chi connectivity index (χ1v) is 7.20. The molecule has 1 saturated heterocycles. The molecule has 124 valence electrons. The number of nitrogens with one attached hydrogen (secondary N) is 2. The molecule has 1 aliphatic rings. The molecule has 0 spiro atoms. The van der Waals surface area contributed by atoms with Crippen LogP contribution in [0.25, 0.3) is 0 Å².